The maximum Gasteiger partial charge on any atom is 0.156 e. The van der Waals surface area contributed by atoms with Crippen molar-refractivity contribution < 1.29 is 0 Å². The molecule has 2 aromatic rings. The molecular formula is C15H14Cl2N2. The predicted octanol–water partition coefficient (Wildman–Crippen LogP) is 4.42. The Bertz CT molecular complexity index is 567. The second-order valence-electron chi connectivity index (χ2n) is 4.12. The van der Waals surface area contributed by atoms with Crippen LogP contribution in [0.15, 0.2) is 59.7 Å². The van der Waals surface area contributed by atoms with Gasteiger partial charge in [-0.2, -0.15) is 5.10 Å². The van der Waals surface area contributed by atoms with Crippen LogP contribution in [-0.2, 0) is 0 Å². The molecule has 2 aromatic carbocycles. The average Bonchev–Trinajstić information content (AvgIpc) is 2.46. The van der Waals surface area contributed by atoms with Crippen LogP contribution in [0.25, 0.3) is 0 Å². The number of hydrogen-bond donors (Lipinski definition) is 1. The molecule has 0 radical (unpaired) electrons. The van der Waals surface area contributed by atoms with E-state index in [0.29, 0.717) is 5.17 Å². The highest BCUT2D eigenvalue weighted by Crippen LogP contribution is 2.21. The van der Waals surface area contributed by atoms with Crippen LogP contribution < -0.4 is 5.43 Å². The quantitative estimate of drug-likeness (QED) is 0.383. The molecule has 0 saturated carbocycles. The van der Waals surface area contributed by atoms with Crippen LogP contribution in [-0.4, -0.2) is 5.17 Å². The third-order valence-electron chi connectivity index (χ3n) is 2.75. The van der Waals surface area contributed by atoms with E-state index in [4.69, 9.17) is 23.2 Å². The summed E-state index contributed by atoms with van der Waals surface area (Å²) in [6.07, 6.45) is 0. The molecule has 0 bridgehead atoms. The molecule has 0 aromatic heterocycles. The maximum atomic E-state index is 6.27. The highest BCUT2D eigenvalue weighted by molar-refractivity contribution is 6.69. The van der Waals surface area contributed by atoms with Crippen molar-refractivity contribution >= 4 is 28.4 Å². The lowest BCUT2D eigenvalue weighted by molar-refractivity contribution is 0.714. The first-order valence-electron chi connectivity index (χ1n) is 5.92. The van der Waals surface area contributed by atoms with E-state index in [1.165, 1.54) is 0 Å². The van der Waals surface area contributed by atoms with Crippen molar-refractivity contribution in [1.82, 2.24) is 5.43 Å². The van der Waals surface area contributed by atoms with Gasteiger partial charge in [-0.05, 0) is 18.1 Å². The Morgan fingerprint density at radius 2 is 1.68 bits per heavy atom. The summed E-state index contributed by atoms with van der Waals surface area (Å²) in [4.78, 5) is 0. The van der Waals surface area contributed by atoms with E-state index in [1.807, 2.05) is 61.5 Å². The molecule has 2 rings (SSSR count). The zero-order chi connectivity index (χ0) is 13.7. The average molecular weight is 293 g/mol. The van der Waals surface area contributed by atoms with Crippen LogP contribution >= 0.6 is 23.2 Å². The van der Waals surface area contributed by atoms with E-state index in [1.54, 1.807) is 0 Å². The van der Waals surface area contributed by atoms with Crippen molar-refractivity contribution in [3.8, 4) is 0 Å². The van der Waals surface area contributed by atoms with Gasteiger partial charge in [0.1, 0.15) is 5.50 Å². The monoisotopic (exact) mass is 292 g/mol. The molecular weight excluding hydrogens is 279 g/mol. The minimum absolute atomic E-state index is 0.389. The summed E-state index contributed by atoms with van der Waals surface area (Å²) in [7, 11) is 0. The lowest BCUT2D eigenvalue weighted by Gasteiger charge is -2.12. The Kier molecular flexibility index (Phi) is 4.83. The van der Waals surface area contributed by atoms with Gasteiger partial charge in [0.05, 0.1) is 0 Å². The van der Waals surface area contributed by atoms with E-state index >= 15 is 0 Å². The van der Waals surface area contributed by atoms with E-state index in [-0.39, 0.29) is 0 Å². The van der Waals surface area contributed by atoms with Crippen LogP contribution in [0.2, 0.25) is 0 Å². The molecule has 0 aliphatic heterocycles. The summed E-state index contributed by atoms with van der Waals surface area (Å²) in [5.74, 6) is 0. The summed E-state index contributed by atoms with van der Waals surface area (Å²) in [5.41, 5.74) is 5.41. The lowest BCUT2D eigenvalue weighted by atomic mass is 10.1. The number of aryl methyl sites for hydroxylation is 1. The fourth-order valence-electron chi connectivity index (χ4n) is 1.69. The fraction of sp³-hybridized carbons (Fsp3) is 0.133. The third-order valence-corrected chi connectivity index (χ3v) is 3.38. The molecule has 4 heteroatoms. The largest absolute Gasteiger partial charge is 0.286 e. The number of alkyl halides is 1. The molecule has 0 saturated heterocycles. The Labute approximate surface area is 123 Å². The van der Waals surface area contributed by atoms with Gasteiger partial charge in [-0.3, -0.25) is 5.43 Å². The van der Waals surface area contributed by atoms with Crippen LogP contribution in [0, 0.1) is 6.92 Å². The zero-order valence-electron chi connectivity index (χ0n) is 10.5. The topological polar surface area (TPSA) is 24.4 Å². The van der Waals surface area contributed by atoms with Gasteiger partial charge in [0.25, 0.3) is 0 Å². The van der Waals surface area contributed by atoms with Crippen molar-refractivity contribution in [1.29, 1.82) is 0 Å². The smallest absolute Gasteiger partial charge is 0.156 e. The molecule has 0 heterocycles. The number of rotatable bonds is 4. The third kappa shape index (κ3) is 3.72. The standard InChI is InChI=1S/C15H14Cl2N2/c1-11-7-5-6-10-13(11)15(17)19-18-14(16)12-8-3-2-4-9-12/h2-10,15,19H,1H3/b18-14-. The molecule has 1 N–H and O–H groups in total. The summed E-state index contributed by atoms with van der Waals surface area (Å²) in [6, 6.07) is 17.4. The number of halogens is 2. The van der Waals surface area contributed by atoms with Crippen molar-refractivity contribution in [2.75, 3.05) is 0 Å². The van der Waals surface area contributed by atoms with Gasteiger partial charge < -0.3 is 0 Å². The molecule has 0 spiro atoms. The molecule has 0 fully saturated rings. The van der Waals surface area contributed by atoms with Crippen LogP contribution in [0.4, 0.5) is 0 Å². The van der Waals surface area contributed by atoms with Gasteiger partial charge in [-0.15, -0.1) is 0 Å². The number of benzene rings is 2. The van der Waals surface area contributed by atoms with E-state index in [0.717, 1.165) is 16.7 Å². The predicted molar refractivity (Wildman–Crippen MR) is 81.7 cm³/mol. The van der Waals surface area contributed by atoms with E-state index in [9.17, 15) is 0 Å². The van der Waals surface area contributed by atoms with Gasteiger partial charge in [-0.1, -0.05) is 77.8 Å². The SMILES string of the molecule is Cc1ccccc1C(Cl)N/N=C(\Cl)c1ccccc1. The maximum absolute atomic E-state index is 6.27. The van der Waals surface area contributed by atoms with Crippen molar-refractivity contribution in [3.63, 3.8) is 0 Å². The molecule has 98 valence electrons. The van der Waals surface area contributed by atoms with Crippen LogP contribution in [0.5, 0.6) is 0 Å². The second kappa shape index (κ2) is 6.60. The van der Waals surface area contributed by atoms with Gasteiger partial charge in [0.15, 0.2) is 5.17 Å². The number of hydrazone groups is 1. The number of nitrogens with zero attached hydrogens (tertiary/aromatic N) is 1. The number of nitrogens with one attached hydrogen (secondary N) is 1. The minimum atomic E-state index is -0.404. The lowest BCUT2D eigenvalue weighted by Crippen LogP contribution is -2.13. The highest BCUT2D eigenvalue weighted by Gasteiger charge is 2.09. The Morgan fingerprint density at radius 3 is 2.37 bits per heavy atom. The van der Waals surface area contributed by atoms with Gasteiger partial charge in [0, 0.05) is 5.56 Å². The van der Waals surface area contributed by atoms with Crippen molar-refractivity contribution in [2.24, 2.45) is 5.10 Å². The molecule has 1 atom stereocenters. The molecule has 2 nitrogen and oxygen atoms in total. The first-order chi connectivity index (χ1) is 9.18. The second-order valence-corrected chi connectivity index (χ2v) is 4.91. The zero-order valence-corrected chi connectivity index (χ0v) is 12.0. The van der Waals surface area contributed by atoms with E-state index in [2.05, 4.69) is 10.5 Å². The minimum Gasteiger partial charge on any atom is -0.286 e. The molecule has 0 aliphatic rings. The first-order valence-corrected chi connectivity index (χ1v) is 6.73. The normalized spacial score (nSPS) is 13.1. The summed E-state index contributed by atoms with van der Waals surface area (Å²) in [6.45, 7) is 2.01. The molecule has 1 unspecified atom stereocenters. The molecule has 19 heavy (non-hydrogen) atoms. The first kappa shape index (κ1) is 13.9. The highest BCUT2D eigenvalue weighted by atomic mass is 35.5. The summed E-state index contributed by atoms with van der Waals surface area (Å²) < 4.78 is 0. The fourth-order valence-corrected chi connectivity index (χ4v) is 2.16. The van der Waals surface area contributed by atoms with Crippen molar-refractivity contribution in [2.45, 2.75) is 12.4 Å². The Balaban J connectivity index is 2.08. The van der Waals surface area contributed by atoms with Crippen LogP contribution in [0.3, 0.4) is 0 Å². The van der Waals surface area contributed by atoms with Crippen LogP contribution in [0.1, 0.15) is 22.2 Å². The Hall–Kier alpha value is -1.51. The Morgan fingerprint density at radius 1 is 1.05 bits per heavy atom. The summed E-state index contributed by atoms with van der Waals surface area (Å²) in [5, 5.41) is 4.50. The summed E-state index contributed by atoms with van der Waals surface area (Å²) >= 11 is 12.4. The van der Waals surface area contributed by atoms with E-state index < -0.39 is 5.50 Å². The number of hydrogen-bond acceptors (Lipinski definition) is 2. The van der Waals surface area contributed by atoms with Crippen molar-refractivity contribution in [3.05, 3.63) is 71.3 Å². The van der Waals surface area contributed by atoms with Gasteiger partial charge >= 0.3 is 0 Å². The van der Waals surface area contributed by atoms with Gasteiger partial charge in [-0.25, -0.2) is 0 Å². The van der Waals surface area contributed by atoms with Gasteiger partial charge in [0.2, 0.25) is 0 Å². The molecule has 0 amide bonds. The molecule has 0 aliphatic carbocycles.